The Morgan fingerprint density at radius 2 is 1.82 bits per heavy atom. The Hall–Kier alpha value is -2.45. The van der Waals surface area contributed by atoms with Crippen molar-refractivity contribution in [1.82, 2.24) is 0 Å². The molecule has 0 unspecified atom stereocenters. The van der Waals surface area contributed by atoms with Gasteiger partial charge in [0.2, 0.25) is 0 Å². The number of carbonyl (C=O) groups is 2. The quantitative estimate of drug-likeness (QED) is 0.576. The summed E-state index contributed by atoms with van der Waals surface area (Å²) < 4.78 is 21.4. The zero-order chi connectivity index (χ0) is 20.7. The van der Waals surface area contributed by atoms with Crippen LogP contribution in [0.25, 0.3) is 0 Å². The first-order valence-corrected chi connectivity index (χ1v) is 9.37. The van der Waals surface area contributed by atoms with E-state index in [-0.39, 0.29) is 5.56 Å². The summed E-state index contributed by atoms with van der Waals surface area (Å²) >= 11 is 9.35. The van der Waals surface area contributed by atoms with Crippen LogP contribution in [0.3, 0.4) is 0 Å². The van der Waals surface area contributed by atoms with E-state index in [9.17, 15) is 9.59 Å². The molecule has 0 atom stereocenters. The molecule has 0 aromatic heterocycles. The molecule has 0 aliphatic rings. The lowest BCUT2D eigenvalue weighted by molar-refractivity contribution is -0.119. The van der Waals surface area contributed by atoms with Gasteiger partial charge in [-0.25, -0.2) is 4.79 Å². The molecule has 0 heterocycles. The summed E-state index contributed by atoms with van der Waals surface area (Å²) in [5, 5.41) is 2.94. The van der Waals surface area contributed by atoms with Crippen molar-refractivity contribution in [1.29, 1.82) is 0 Å². The van der Waals surface area contributed by atoms with Crippen molar-refractivity contribution in [3.05, 3.63) is 45.4 Å². The maximum absolute atomic E-state index is 12.3. The molecule has 2 rings (SSSR count). The third-order valence-corrected chi connectivity index (χ3v) is 4.41. The molecule has 28 heavy (non-hydrogen) atoms. The van der Waals surface area contributed by atoms with E-state index in [2.05, 4.69) is 21.2 Å². The van der Waals surface area contributed by atoms with Gasteiger partial charge in [-0.05, 0) is 53.2 Å². The van der Waals surface area contributed by atoms with Crippen LogP contribution >= 0.6 is 27.5 Å². The van der Waals surface area contributed by atoms with Gasteiger partial charge in [0.1, 0.15) is 5.75 Å². The van der Waals surface area contributed by atoms with Crippen LogP contribution in [-0.4, -0.2) is 39.3 Å². The number of carbonyl (C=O) groups excluding carboxylic acids is 2. The van der Waals surface area contributed by atoms with Crippen molar-refractivity contribution < 1.29 is 28.5 Å². The fourth-order valence-electron chi connectivity index (χ4n) is 2.28. The summed E-state index contributed by atoms with van der Waals surface area (Å²) in [6.45, 7) is 1.81. The second-order valence-electron chi connectivity index (χ2n) is 5.40. The minimum atomic E-state index is -0.676. The number of methoxy groups -OCH3 is 2. The molecule has 0 aliphatic heterocycles. The molecular weight excluding hydrogens is 454 g/mol. The van der Waals surface area contributed by atoms with Gasteiger partial charge in [0.05, 0.1) is 35.9 Å². The Morgan fingerprint density at radius 1 is 1.11 bits per heavy atom. The molecule has 7 nitrogen and oxygen atoms in total. The molecule has 9 heteroatoms. The number of anilines is 1. The van der Waals surface area contributed by atoms with Crippen LogP contribution < -0.4 is 19.5 Å². The van der Waals surface area contributed by atoms with Crippen molar-refractivity contribution in [3.63, 3.8) is 0 Å². The SMILES string of the molecule is CCOc1c(Br)cc(C(=O)OCC(=O)Nc2ccc(OC)c(Cl)c2)cc1OC. The zero-order valence-corrected chi connectivity index (χ0v) is 17.8. The molecule has 0 saturated carbocycles. The minimum absolute atomic E-state index is 0.215. The molecule has 150 valence electrons. The van der Waals surface area contributed by atoms with Gasteiger partial charge in [-0.3, -0.25) is 4.79 Å². The van der Waals surface area contributed by atoms with Gasteiger partial charge in [0.25, 0.3) is 5.91 Å². The highest BCUT2D eigenvalue weighted by atomic mass is 79.9. The second kappa shape index (κ2) is 10.2. The van der Waals surface area contributed by atoms with Gasteiger partial charge in [0.15, 0.2) is 18.1 Å². The lowest BCUT2D eigenvalue weighted by Crippen LogP contribution is -2.21. The largest absolute Gasteiger partial charge is 0.495 e. The van der Waals surface area contributed by atoms with Gasteiger partial charge in [0, 0.05) is 5.69 Å². The smallest absolute Gasteiger partial charge is 0.338 e. The number of rotatable bonds is 8. The van der Waals surface area contributed by atoms with E-state index >= 15 is 0 Å². The van der Waals surface area contributed by atoms with Crippen molar-refractivity contribution >= 4 is 45.1 Å². The van der Waals surface area contributed by atoms with Gasteiger partial charge in [-0.15, -0.1) is 0 Å². The lowest BCUT2D eigenvalue weighted by Gasteiger charge is -2.13. The predicted molar refractivity (Wildman–Crippen MR) is 109 cm³/mol. The maximum atomic E-state index is 12.3. The Labute approximate surface area is 176 Å². The Bertz CT molecular complexity index is 874. The van der Waals surface area contributed by atoms with E-state index in [0.717, 1.165) is 0 Å². The molecule has 2 aromatic rings. The van der Waals surface area contributed by atoms with E-state index in [4.69, 9.17) is 30.5 Å². The van der Waals surface area contributed by atoms with E-state index in [1.54, 1.807) is 12.1 Å². The van der Waals surface area contributed by atoms with Crippen LogP contribution in [0.4, 0.5) is 5.69 Å². The van der Waals surface area contributed by atoms with Gasteiger partial charge >= 0.3 is 5.97 Å². The molecule has 1 amide bonds. The standard InChI is InChI=1S/C19H19BrClNO6/c1-4-27-18-13(20)7-11(8-16(18)26-3)19(24)28-10-17(23)22-12-5-6-15(25-2)14(21)9-12/h5-9H,4,10H2,1-3H3,(H,22,23). The van der Waals surface area contributed by atoms with Gasteiger partial charge in [-0.1, -0.05) is 11.6 Å². The number of amides is 1. The Balaban J connectivity index is 2.00. The zero-order valence-electron chi connectivity index (χ0n) is 15.5. The second-order valence-corrected chi connectivity index (χ2v) is 6.66. The van der Waals surface area contributed by atoms with Crippen LogP contribution in [0, 0.1) is 0 Å². The molecule has 2 aromatic carbocycles. The number of esters is 1. The normalized spacial score (nSPS) is 10.2. The molecule has 0 spiro atoms. The van der Waals surface area contributed by atoms with E-state index in [1.807, 2.05) is 6.92 Å². The van der Waals surface area contributed by atoms with E-state index in [1.165, 1.54) is 32.4 Å². The average molecular weight is 473 g/mol. The van der Waals surface area contributed by atoms with Crippen molar-refractivity contribution in [3.8, 4) is 17.2 Å². The summed E-state index contributed by atoms with van der Waals surface area (Å²) in [5.74, 6) is 0.161. The van der Waals surface area contributed by atoms with Crippen LogP contribution in [0.5, 0.6) is 17.2 Å². The first-order valence-electron chi connectivity index (χ1n) is 8.20. The number of ether oxygens (including phenoxy) is 4. The topological polar surface area (TPSA) is 83.1 Å². The van der Waals surface area contributed by atoms with E-state index < -0.39 is 18.5 Å². The van der Waals surface area contributed by atoms with Crippen molar-refractivity contribution in [2.45, 2.75) is 6.92 Å². The molecule has 0 fully saturated rings. The highest BCUT2D eigenvalue weighted by Crippen LogP contribution is 2.36. The summed E-state index contributed by atoms with van der Waals surface area (Å²) in [7, 11) is 2.96. The predicted octanol–water partition coefficient (Wildman–Crippen LogP) is 4.31. The summed E-state index contributed by atoms with van der Waals surface area (Å²) in [4.78, 5) is 24.3. The number of hydrogen-bond acceptors (Lipinski definition) is 6. The van der Waals surface area contributed by atoms with Crippen molar-refractivity contribution in [2.75, 3.05) is 32.8 Å². The molecule has 0 saturated heterocycles. The summed E-state index contributed by atoms with van der Waals surface area (Å²) in [6.07, 6.45) is 0. The molecule has 0 aliphatic carbocycles. The minimum Gasteiger partial charge on any atom is -0.495 e. The number of hydrogen-bond donors (Lipinski definition) is 1. The van der Waals surface area contributed by atoms with Crippen LogP contribution in [0.1, 0.15) is 17.3 Å². The first-order chi connectivity index (χ1) is 13.4. The van der Waals surface area contributed by atoms with Crippen LogP contribution in [-0.2, 0) is 9.53 Å². The maximum Gasteiger partial charge on any atom is 0.338 e. The summed E-state index contributed by atoms with van der Waals surface area (Å²) in [6, 6.07) is 7.80. The molecular formula is C19H19BrClNO6. The number of halogens is 2. The highest BCUT2D eigenvalue weighted by Gasteiger charge is 2.17. The van der Waals surface area contributed by atoms with Gasteiger partial charge < -0.3 is 24.3 Å². The highest BCUT2D eigenvalue weighted by molar-refractivity contribution is 9.10. The Morgan fingerprint density at radius 3 is 2.43 bits per heavy atom. The summed E-state index contributed by atoms with van der Waals surface area (Å²) in [5.41, 5.74) is 0.671. The monoisotopic (exact) mass is 471 g/mol. The fraction of sp³-hybridized carbons (Fsp3) is 0.263. The molecule has 0 bridgehead atoms. The Kier molecular flexibility index (Phi) is 7.95. The third-order valence-electron chi connectivity index (χ3n) is 3.52. The number of benzene rings is 2. The van der Waals surface area contributed by atoms with E-state index in [0.29, 0.717) is 39.0 Å². The van der Waals surface area contributed by atoms with Gasteiger partial charge in [-0.2, -0.15) is 0 Å². The first kappa shape index (κ1) is 21.8. The van der Waals surface area contributed by atoms with Crippen LogP contribution in [0.2, 0.25) is 5.02 Å². The third kappa shape index (κ3) is 5.53. The van der Waals surface area contributed by atoms with Crippen LogP contribution in [0.15, 0.2) is 34.8 Å². The molecule has 1 N–H and O–H groups in total. The average Bonchev–Trinajstić information content (AvgIpc) is 2.67. The molecule has 0 radical (unpaired) electrons. The number of nitrogens with one attached hydrogen (secondary N) is 1. The fourth-order valence-corrected chi connectivity index (χ4v) is 3.09. The lowest BCUT2D eigenvalue weighted by atomic mass is 10.2. The van der Waals surface area contributed by atoms with Crippen molar-refractivity contribution in [2.24, 2.45) is 0 Å².